The van der Waals surface area contributed by atoms with Crippen molar-refractivity contribution in [2.24, 2.45) is 11.5 Å². The van der Waals surface area contributed by atoms with Gasteiger partial charge in [-0.2, -0.15) is 0 Å². The van der Waals surface area contributed by atoms with Crippen LogP contribution in [0.4, 0.5) is 4.79 Å². The first-order chi connectivity index (χ1) is 11.0. The van der Waals surface area contributed by atoms with Gasteiger partial charge in [0.1, 0.15) is 5.75 Å². The van der Waals surface area contributed by atoms with Gasteiger partial charge in [0.2, 0.25) is 5.91 Å². The molecule has 0 bridgehead atoms. The molecule has 116 valence electrons. The van der Waals surface area contributed by atoms with Crippen LogP contribution in [-0.2, 0) is 0 Å². The summed E-state index contributed by atoms with van der Waals surface area (Å²) in [6.45, 7) is 0. The first-order valence-electron chi connectivity index (χ1n) is 6.90. The van der Waals surface area contributed by atoms with Gasteiger partial charge in [-0.15, -0.1) is 0 Å². The molecular formula is C17H15N3O3. The average molecular weight is 309 g/mol. The van der Waals surface area contributed by atoms with E-state index in [0.717, 1.165) is 16.5 Å². The standard InChI is InChI=1S/C17H15N3O3/c1-23-12-6-7-15-13(8-12)14(9-20(15)17(19)22)10-2-4-11(5-3-10)16(18)21/h2-9H,1H3,(H2,18,21)(H2,19,22). The fourth-order valence-corrected chi connectivity index (χ4v) is 2.56. The second-order valence-corrected chi connectivity index (χ2v) is 5.08. The van der Waals surface area contributed by atoms with E-state index in [4.69, 9.17) is 16.2 Å². The predicted molar refractivity (Wildman–Crippen MR) is 87.4 cm³/mol. The van der Waals surface area contributed by atoms with Crippen molar-refractivity contribution in [3.63, 3.8) is 0 Å². The van der Waals surface area contributed by atoms with Crippen molar-refractivity contribution < 1.29 is 14.3 Å². The fraction of sp³-hybridized carbons (Fsp3) is 0.0588. The van der Waals surface area contributed by atoms with Crippen LogP contribution >= 0.6 is 0 Å². The molecule has 3 aromatic rings. The molecule has 6 heteroatoms. The molecule has 1 heterocycles. The summed E-state index contributed by atoms with van der Waals surface area (Å²) in [7, 11) is 1.58. The zero-order valence-corrected chi connectivity index (χ0v) is 12.4. The first-order valence-corrected chi connectivity index (χ1v) is 6.90. The molecule has 0 saturated heterocycles. The molecule has 2 amide bonds. The van der Waals surface area contributed by atoms with Crippen LogP contribution in [0.2, 0.25) is 0 Å². The number of hydrogen-bond donors (Lipinski definition) is 2. The molecule has 0 unspecified atom stereocenters. The van der Waals surface area contributed by atoms with E-state index in [1.54, 1.807) is 49.7 Å². The first kappa shape index (κ1) is 14.6. The van der Waals surface area contributed by atoms with E-state index in [1.807, 2.05) is 6.07 Å². The van der Waals surface area contributed by atoms with Crippen LogP contribution in [0.5, 0.6) is 5.75 Å². The van der Waals surface area contributed by atoms with Gasteiger partial charge < -0.3 is 16.2 Å². The number of ether oxygens (including phenoxy) is 1. The van der Waals surface area contributed by atoms with Crippen molar-refractivity contribution >= 4 is 22.8 Å². The van der Waals surface area contributed by atoms with Gasteiger partial charge in [-0.05, 0) is 35.9 Å². The Morgan fingerprint density at radius 1 is 1.04 bits per heavy atom. The quantitative estimate of drug-likeness (QED) is 0.776. The van der Waals surface area contributed by atoms with Crippen LogP contribution in [-0.4, -0.2) is 23.6 Å². The summed E-state index contributed by atoms with van der Waals surface area (Å²) in [4.78, 5) is 22.8. The van der Waals surface area contributed by atoms with Gasteiger partial charge in [0, 0.05) is 22.7 Å². The lowest BCUT2D eigenvalue weighted by atomic mass is 10.0. The second kappa shape index (κ2) is 5.49. The Hall–Kier alpha value is -3.28. The number of aromatic nitrogens is 1. The Morgan fingerprint density at radius 3 is 2.30 bits per heavy atom. The summed E-state index contributed by atoms with van der Waals surface area (Å²) in [5.41, 5.74) is 13.5. The van der Waals surface area contributed by atoms with Gasteiger partial charge in [0.15, 0.2) is 0 Å². The molecule has 0 atom stereocenters. The molecule has 0 aliphatic rings. The lowest BCUT2D eigenvalue weighted by molar-refractivity contribution is 0.100. The van der Waals surface area contributed by atoms with Crippen molar-refractivity contribution in [3.05, 3.63) is 54.2 Å². The molecule has 1 aromatic heterocycles. The number of fused-ring (bicyclic) bond motifs is 1. The molecule has 0 saturated carbocycles. The Labute approximate surface area is 132 Å². The number of nitrogens with two attached hydrogens (primary N) is 2. The van der Waals surface area contributed by atoms with Gasteiger partial charge in [-0.3, -0.25) is 9.36 Å². The lowest BCUT2D eigenvalue weighted by Gasteiger charge is -2.03. The Kier molecular flexibility index (Phi) is 3.50. The number of amides is 2. The largest absolute Gasteiger partial charge is 0.497 e. The summed E-state index contributed by atoms with van der Waals surface area (Å²) in [6, 6.07) is 11.7. The van der Waals surface area contributed by atoms with Crippen molar-refractivity contribution in [2.75, 3.05) is 7.11 Å². The number of carbonyl (C=O) groups excluding carboxylic acids is 2. The highest BCUT2D eigenvalue weighted by Crippen LogP contribution is 2.33. The number of hydrogen-bond acceptors (Lipinski definition) is 3. The van der Waals surface area contributed by atoms with E-state index >= 15 is 0 Å². The highest BCUT2D eigenvalue weighted by Gasteiger charge is 2.14. The number of benzene rings is 2. The molecule has 3 rings (SSSR count). The Bertz CT molecular complexity index is 911. The lowest BCUT2D eigenvalue weighted by Crippen LogP contribution is -2.18. The summed E-state index contributed by atoms with van der Waals surface area (Å²) < 4.78 is 6.63. The van der Waals surface area contributed by atoms with Crippen LogP contribution in [0.25, 0.3) is 22.0 Å². The maximum absolute atomic E-state index is 11.7. The van der Waals surface area contributed by atoms with E-state index < -0.39 is 11.9 Å². The van der Waals surface area contributed by atoms with Gasteiger partial charge in [-0.1, -0.05) is 12.1 Å². The van der Waals surface area contributed by atoms with Crippen molar-refractivity contribution in [3.8, 4) is 16.9 Å². The molecule has 0 aliphatic heterocycles. The van der Waals surface area contributed by atoms with E-state index in [-0.39, 0.29) is 0 Å². The molecule has 0 radical (unpaired) electrons. The number of rotatable bonds is 3. The molecule has 0 aliphatic carbocycles. The van der Waals surface area contributed by atoms with Gasteiger partial charge in [-0.25, -0.2) is 4.79 Å². The average Bonchev–Trinajstić information content (AvgIpc) is 2.93. The molecule has 4 N–H and O–H groups in total. The second-order valence-electron chi connectivity index (χ2n) is 5.08. The molecule has 6 nitrogen and oxygen atoms in total. The Balaban J connectivity index is 2.23. The maximum Gasteiger partial charge on any atom is 0.323 e. The van der Waals surface area contributed by atoms with Crippen molar-refractivity contribution in [1.29, 1.82) is 0 Å². The van der Waals surface area contributed by atoms with Crippen molar-refractivity contribution in [2.45, 2.75) is 0 Å². The molecular weight excluding hydrogens is 294 g/mol. The van der Waals surface area contributed by atoms with Crippen molar-refractivity contribution in [1.82, 2.24) is 4.57 Å². The third-order valence-corrected chi connectivity index (χ3v) is 3.73. The highest BCUT2D eigenvalue weighted by molar-refractivity contribution is 6.02. The summed E-state index contributed by atoms with van der Waals surface area (Å²) in [5.74, 6) is 0.188. The topological polar surface area (TPSA) is 100 Å². The maximum atomic E-state index is 11.7. The smallest absolute Gasteiger partial charge is 0.323 e. The summed E-state index contributed by atoms with van der Waals surface area (Å²) in [6.07, 6.45) is 1.67. The fourth-order valence-electron chi connectivity index (χ4n) is 2.56. The number of methoxy groups -OCH3 is 1. The van der Waals surface area contributed by atoms with E-state index in [0.29, 0.717) is 16.8 Å². The minimum absolute atomic E-state index is 0.421. The third kappa shape index (κ3) is 2.50. The third-order valence-electron chi connectivity index (χ3n) is 3.73. The van der Waals surface area contributed by atoms with Crippen LogP contribution in [0.1, 0.15) is 10.4 Å². The highest BCUT2D eigenvalue weighted by atomic mass is 16.5. The number of primary amides is 2. The Morgan fingerprint density at radius 2 is 1.74 bits per heavy atom. The molecule has 0 fully saturated rings. The minimum atomic E-state index is -0.569. The predicted octanol–water partition coefficient (Wildman–Crippen LogP) is 2.34. The van der Waals surface area contributed by atoms with E-state index in [2.05, 4.69) is 0 Å². The molecule has 2 aromatic carbocycles. The van der Waals surface area contributed by atoms with E-state index in [1.165, 1.54) is 4.57 Å². The SMILES string of the molecule is COc1ccc2c(c1)c(-c1ccc(C(N)=O)cc1)cn2C(N)=O. The number of nitrogens with zero attached hydrogens (tertiary/aromatic N) is 1. The van der Waals surface area contributed by atoms with Crippen LogP contribution in [0.15, 0.2) is 48.7 Å². The van der Waals surface area contributed by atoms with Gasteiger partial charge in [0.05, 0.1) is 12.6 Å². The monoisotopic (exact) mass is 309 g/mol. The van der Waals surface area contributed by atoms with Crippen LogP contribution in [0.3, 0.4) is 0 Å². The van der Waals surface area contributed by atoms with Gasteiger partial charge >= 0.3 is 6.03 Å². The minimum Gasteiger partial charge on any atom is -0.497 e. The number of carbonyl (C=O) groups is 2. The summed E-state index contributed by atoms with van der Waals surface area (Å²) >= 11 is 0. The van der Waals surface area contributed by atoms with Crippen LogP contribution < -0.4 is 16.2 Å². The normalized spacial score (nSPS) is 10.7. The van der Waals surface area contributed by atoms with E-state index in [9.17, 15) is 9.59 Å². The molecule has 23 heavy (non-hydrogen) atoms. The van der Waals surface area contributed by atoms with Crippen LogP contribution in [0, 0.1) is 0 Å². The molecule has 0 spiro atoms. The zero-order chi connectivity index (χ0) is 16.6. The summed E-state index contributed by atoms with van der Waals surface area (Å²) in [5, 5.41) is 0.829. The zero-order valence-electron chi connectivity index (χ0n) is 12.4. The van der Waals surface area contributed by atoms with Gasteiger partial charge in [0.25, 0.3) is 0 Å².